The van der Waals surface area contributed by atoms with Gasteiger partial charge >= 0.3 is 0 Å². The summed E-state index contributed by atoms with van der Waals surface area (Å²) >= 11 is 0. The molecule has 0 spiro atoms. The lowest BCUT2D eigenvalue weighted by atomic mass is 10.1. The van der Waals surface area contributed by atoms with E-state index in [4.69, 9.17) is 0 Å². The van der Waals surface area contributed by atoms with Crippen LogP contribution in [0.4, 0.5) is 0 Å². The fourth-order valence-corrected chi connectivity index (χ4v) is 1.41. The Morgan fingerprint density at radius 2 is 1.38 bits per heavy atom. The number of rotatable bonds is 0. The van der Waals surface area contributed by atoms with E-state index >= 15 is 0 Å². The zero-order valence-corrected chi connectivity index (χ0v) is 8.89. The van der Waals surface area contributed by atoms with Gasteiger partial charge in [0.25, 0.3) is 0 Å². The summed E-state index contributed by atoms with van der Waals surface area (Å²) in [6.45, 7) is 3.46. The zero-order chi connectivity index (χ0) is 11.2. The van der Waals surface area contributed by atoms with Crippen molar-refractivity contribution in [2.24, 2.45) is 0 Å². The SMILES string of the molecule is C=C1NC=CO1.c1ccc2ccccc2c1. The van der Waals surface area contributed by atoms with Crippen molar-refractivity contribution in [1.29, 1.82) is 0 Å². The first-order valence-corrected chi connectivity index (χ1v) is 5.07. The van der Waals surface area contributed by atoms with Gasteiger partial charge < -0.3 is 10.1 Å². The second-order valence-corrected chi connectivity index (χ2v) is 3.34. The highest BCUT2D eigenvalue weighted by atomic mass is 16.5. The van der Waals surface area contributed by atoms with Crippen LogP contribution >= 0.6 is 0 Å². The Hall–Kier alpha value is -2.22. The molecule has 0 saturated carbocycles. The van der Waals surface area contributed by atoms with Gasteiger partial charge in [-0.3, -0.25) is 0 Å². The monoisotopic (exact) mass is 211 g/mol. The van der Waals surface area contributed by atoms with Gasteiger partial charge in [0.05, 0.1) is 0 Å². The van der Waals surface area contributed by atoms with Crippen LogP contribution in [0, 0.1) is 0 Å². The van der Waals surface area contributed by atoms with Crippen LogP contribution in [-0.2, 0) is 4.74 Å². The molecule has 0 aromatic heterocycles. The van der Waals surface area contributed by atoms with Crippen LogP contribution in [0.2, 0.25) is 0 Å². The maximum atomic E-state index is 4.67. The largest absolute Gasteiger partial charge is 0.448 e. The van der Waals surface area contributed by atoms with Gasteiger partial charge in [-0.1, -0.05) is 48.5 Å². The fourth-order valence-electron chi connectivity index (χ4n) is 1.41. The molecule has 0 bridgehead atoms. The summed E-state index contributed by atoms with van der Waals surface area (Å²) in [5.41, 5.74) is 0. The number of hydrogen-bond donors (Lipinski definition) is 1. The third kappa shape index (κ3) is 2.64. The molecule has 0 radical (unpaired) electrons. The lowest BCUT2D eigenvalue weighted by molar-refractivity contribution is 0.359. The number of nitrogens with one attached hydrogen (secondary N) is 1. The van der Waals surface area contributed by atoms with Crippen LogP contribution in [0.3, 0.4) is 0 Å². The molecule has 0 aliphatic carbocycles. The maximum absolute atomic E-state index is 4.67. The van der Waals surface area contributed by atoms with E-state index < -0.39 is 0 Å². The topological polar surface area (TPSA) is 21.3 Å². The molecule has 1 heterocycles. The normalized spacial score (nSPS) is 12.6. The highest BCUT2D eigenvalue weighted by Gasteiger charge is 1.90. The average Bonchev–Trinajstić information content (AvgIpc) is 2.81. The Morgan fingerprint density at radius 1 is 0.875 bits per heavy atom. The van der Waals surface area contributed by atoms with Crippen LogP contribution in [0.1, 0.15) is 0 Å². The molecule has 2 nitrogen and oxygen atoms in total. The zero-order valence-electron chi connectivity index (χ0n) is 8.89. The van der Waals surface area contributed by atoms with E-state index in [1.54, 1.807) is 12.5 Å². The van der Waals surface area contributed by atoms with E-state index in [0.29, 0.717) is 5.88 Å². The molecule has 16 heavy (non-hydrogen) atoms. The second-order valence-electron chi connectivity index (χ2n) is 3.34. The summed E-state index contributed by atoms with van der Waals surface area (Å²) in [4.78, 5) is 0. The summed E-state index contributed by atoms with van der Waals surface area (Å²) in [6.07, 6.45) is 3.23. The van der Waals surface area contributed by atoms with Crippen molar-refractivity contribution in [3.63, 3.8) is 0 Å². The van der Waals surface area contributed by atoms with Gasteiger partial charge in [-0.25, -0.2) is 0 Å². The molecule has 0 saturated heterocycles. The average molecular weight is 211 g/mol. The van der Waals surface area contributed by atoms with E-state index in [2.05, 4.69) is 65.2 Å². The highest BCUT2D eigenvalue weighted by molar-refractivity contribution is 5.81. The van der Waals surface area contributed by atoms with Crippen molar-refractivity contribution in [2.45, 2.75) is 0 Å². The Balaban J connectivity index is 0.000000138. The van der Waals surface area contributed by atoms with Crippen molar-refractivity contribution < 1.29 is 4.74 Å². The predicted molar refractivity (Wildman–Crippen MR) is 66.4 cm³/mol. The van der Waals surface area contributed by atoms with E-state index in [-0.39, 0.29) is 0 Å². The highest BCUT2D eigenvalue weighted by Crippen LogP contribution is 2.11. The van der Waals surface area contributed by atoms with Gasteiger partial charge in [-0.15, -0.1) is 0 Å². The van der Waals surface area contributed by atoms with Crippen LogP contribution in [-0.4, -0.2) is 0 Å². The lowest BCUT2D eigenvalue weighted by Gasteiger charge is -1.92. The molecule has 0 fully saturated rings. The summed E-state index contributed by atoms with van der Waals surface area (Å²) in [5.74, 6) is 0.593. The van der Waals surface area contributed by atoms with Crippen molar-refractivity contribution in [2.75, 3.05) is 0 Å². The fraction of sp³-hybridized carbons (Fsp3) is 0. The van der Waals surface area contributed by atoms with Gasteiger partial charge in [0.15, 0.2) is 5.88 Å². The van der Waals surface area contributed by atoms with Crippen LogP contribution in [0.5, 0.6) is 0 Å². The van der Waals surface area contributed by atoms with E-state index in [1.807, 2.05) is 0 Å². The van der Waals surface area contributed by atoms with Gasteiger partial charge in [0.2, 0.25) is 0 Å². The van der Waals surface area contributed by atoms with Crippen LogP contribution in [0.25, 0.3) is 10.8 Å². The van der Waals surface area contributed by atoms with Crippen LogP contribution < -0.4 is 5.32 Å². The Labute approximate surface area is 94.9 Å². The summed E-state index contributed by atoms with van der Waals surface area (Å²) < 4.78 is 4.67. The minimum atomic E-state index is 0.593. The molecule has 80 valence electrons. The third-order valence-corrected chi connectivity index (χ3v) is 2.18. The summed E-state index contributed by atoms with van der Waals surface area (Å²) in [6, 6.07) is 16.7. The molecule has 1 aliphatic rings. The van der Waals surface area contributed by atoms with Gasteiger partial charge in [-0.05, 0) is 17.4 Å². The molecule has 2 heteroatoms. The predicted octanol–water partition coefficient (Wildman–Crippen LogP) is 3.39. The van der Waals surface area contributed by atoms with Crippen molar-refractivity contribution in [3.8, 4) is 0 Å². The first-order valence-electron chi connectivity index (χ1n) is 5.07. The van der Waals surface area contributed by atoms with Gasteiger partial charge in [0.1, 0.15) is 6.26 Å². The summed E-state index contributed by atoms with van der Waals surface area (Å²) in [7, 11) is 0. The molecular weight excluding hydrogens is 198 g/mol. The smallest absolute Gasteiger partial charge is 0.189 e. The van der Waals surface area contributed by atoms with E-state index in [9.17, 15) is 0 Å². The molecule has 3 rings (SSSR count). The number of ether oxygens (including phenoxy) is 1. The van der Waals surface area contributed by atoms with Crippen molar-refractivity contribution >= 4 is 10.8 Å². The minimum absolute atomic E-state index is 0.593. The maximum Gasteiger partial charge on any atom is 0.189 e. The Morgan fingerprint density at radius 3 is 1.62 bits per heavy atom. The molecule has 2 aromatic rings. The Bertz CT molecular complexity index is 441. The standard InChI is InChI=1S/C10H8.C4H5NO/c1-2-6-10-8-4-3-7-9(10)5-1;1-4-5-2-3-6-4/h1-8H;2-3,5H,1H2. The first kappa shape index (κ1) is 10.3. The molecule has 0 atom stereocenters. The molecule has 2 aromatic carbocycles. The third-order valence-electron chi connectivity index (χ3n) is 2.18. The lowest BCUT2D eigenvalue weighted by Crippen LogP contribution is -1.94. The molecule has 1 N–H and O–H groups in total. The van der Waals surface area contributed by atoms with Crippen molar-refractivity contribution in [1.82, 2.24) is 5.32 Å². The molecular formula is C14H13NO. The number of hydrogen-bond acceptors (Lipinski definition) is 2. The van der Waals surface area contributed by atoms with Crippen molar-refractivity contribution in [3.05, 3.63) is 73.5 Å². The number of fused-ring (bicyclic) bond motifs is 1. The molecule has 0 amide bonds. The molecule has 1 aliphatic heterocycles. The van der Waals surface area contributed by atoms with Gasteiger partial charge in [-0.2, -0.15) is 0 Å². The Kier molecular flexibility index (Phi) is 3.24. The van der Waals surface area contributed by atoms with E-state index in [1.165, 1.54) is 10.8 Å². The quantitative estimate of drug-likeness (QED) is 0.721. The number of benzene rings is 2. The first-order chi connectivity index (χ1) is 7.86. The van der Waals surface area contributed by atoms with Gasteiger partial charge in [0, 0.05) is 6.20 Å². The van der Waals surface area contributed by atoms with Crippen LogP contribution in [0.15, 0.2) is 73.5 Å². The van der Waals surface area contributed by atoms with E-state index in [0.717, 1.165) is 0 Å². The summed E-state index contributed by atoms with van der Waals surface area (Å²) in [5, 5.41) is 5.34. The minimum Gasteiger partial charge on any atom is -0.448 e. The molecule has 0 unspecified atom stereocenters. The second kappa shape index (κ2) is 5.03.